The van der Waals surface area contributed by atoms with Crippen molar-refractivity contribution in [3.05, 3.63) is 47.5 Å². The molecule has 0 fully saturated rings. The summed E-state index contributed by atoms with van der Waals surface area (Å²) >= 11 is 0. The highest BCUT2D eigenvalue weighted by Gasteiger charge is 2.03. The smallest absolute Gasteiger partial charge is 0.128 e. The SMILES string of the molecule is NCc1cn(Cc2ccccc2F)nn1. The van der Waals surface area contributed by atoms with Crippen molar-refractivity contribution in [2.24, 2.45) is 5.73 Å². The summed E-state index contributed by atoms with van der Waals surface area (Å²) in [4.78, 5) is 0. The second-order valence-corrected chi connectivity index (χ2v) is 3.20. The number of nitrogens with two attached hydrogens (primary N) is 1. The van der Waals surface area contributed by atoms with Crippen LogP contribution >= 0.6 is 0 Å². The number of rotatable bonds is 3. The van der Waals surface area contributed by atoms with Crippen LogP contribution < -0.4 is 5.73 Å². The summed E-state index contributed by atoms with van der Waals surface area (Å²) in [6, 6.07) is 6.60. The number of aromatic nitrogens is 3. The summed E-state index contributed by atoms with van der Waals surface area (Å²) in [7, 11) is 0. The van der Waals surface area contributed by atoms with E-state index in [1.54, 1.807) is 29.1 Å². The number of halogens is 1. The zero-order valence-electron chi connectivity index (χ0n) is 8.10. The predicted molar refractivity (Wildman–Crippen MR) is 53.4 cm³/mol. The van der Waals surface area contributed by atoms with E-state index in [4.69, 9.17) is 5.73 Å². The van der Waals surface area contributed by atoms with Crippen LogP contribution in [0.3, 0.4) is 0 Å². The van der Waals surface area contributed by atoms with Crippen molar-refractivity contribution in [3.63, 3.8) is 0 Å². The Hall–Kier alpha value is -1.75. The van der Waals surface area contributed by atoms with Gasteiger partial charge in [-0.2, -0.15) is 0 Å². The van der Waals surface area contributed by atoms with E-state index in [1.807, 2.05) is 0 Å². The Morgan fingerprint density at radius 3 is 2.80 bits per heavy atom. The van der Waals surface area contributed by atoms with E-state index < -0.39 is 0 Å². The Labute approximate surface area is 86.5 Å². The van der Waals surface area contributed by atoms with Crippen LogP contribution in [0, 0.1) is 5.82 Å². The molecule has 78 valence electrons. The third-order valence-electron chi connectivity index (χ3n) is 2.09. The molecule has 2 N–H and O–H groups in total. The molecule has 0 saturated heterocycles. The first kappa shape index (κ1) is 9.79. The summed E-state index contributed by atoms with van der Waals surface area (Å²) in [6.07, 6.45) is 1.71. The first-order valence-electron chi connectivity index (χ1n) is 4.62. The van der Waals surface area contributed by atoms with Gasteiger partial charge < -0.3 is 5.73 Å². The average molecular weight is 206 g/mol. The average Bonchev–Trinajstić information content (AvgIpc) is 2.69. The molecule has 2 rings (SSSR count). The zero-order chi connectivity index (χ0) is 10.7. The van der Waals surface area contributed by atoms with Crippen molar-refractivity contribution in [2.45, 2.75) is 13.1 Å². The fourth-order valence-corrected chi connectivity index (χ4v) is 1.31. The highest BCUT2D eigenvalue weighted by molar-refractivity contribution is 5.17. The lowest BCUT2D eigenvalue weighted by molar-refractivity contribution is 0.577. The zero-order valence-corrected chi connectivity index (χ0v) is 8.10. The first-order chi connectivity index (χ1) is 7.29. The Morgan fingerprint density at radius 2 is 2.13 bits per heavy atom. The van der Waals surface area contributed by atoms with Gasteiger partial charge in [0.1, 0.15) is 5.82 Å². The fourth-order valence-electron chi connectivity index (χ4n) is 1.31. The van der Waals surface area contributed by atoms with Crippen molar-refractivity contribution < 1.29 is 4.39 Å². The van der Waals surface area contributed by atoms with Gasteiger partial charge in [-0.1, -0.05) is 23.4 Å². The predicted octanol–water partition coefficient (Wildman–Crippen LogP) is 0.924. The summed E-state index contributed by atoms with van der Waals surface area (Å²) in [5.41, 5.74) is 6.69. The fraction of sp³-hybridized carbons (Fsp3) is 0.200. The Kier molecular flexibility index (Phi) is 2.73. The van der Waals surface area contributed by atoms with Gasteiger partial charge in [-0.15, -0.1) is 5.10 Å². The molecule has 1 heterocycles. The lowest BCUT2D eigenvalue weighted by atomic mass is 10.2. The number of hydrogen-bond acceptors (Lipinski definition) is 3. The summed E-state index contributed by atoms with van der Waals surface area (Å²) in [5.74, 6) is -0.234. The molecule has 2 aromatic rings. The third-order valence-corrected chi connectivity index (χ3v) is 2.09. The molecular weight excluding hydrogens is 195 g/mol. The molecule has 4 nitrogen and oxygen atoms in total. The molecule has 0 saturated carbocycles. The standard InChI is InChI=1S/C10H11FN4/c11-10-4-2-1-3-8(10)6-15-7-9(5-12)13-14-15/h1-4,7H,5-6,12H2. The van der Waals surface area contributed by atoms with Crippen LogP contribution in [0.2, 0.25) is 0 Å². The molecule has 0 aliphatic heterocycles. The lowest BCUT2D eigenvalue weighted by Gasteiger charge is -2.01. The highest BCUT2D eigenvalue weighted by atomic mass is 19.1. The Morgan fingerprint density at radius 1 is 1.33 bits per heavy atom. The van der Waals surface area contributed by atoms with Crippen LogP contribution in [0.1, 0.15) is 11.3 Å². The first-order valence-corrected chi connectivity index (χ1v) is 4.62. The summed E-state index contributed by atoms with van der Waals surface area (Å²) < 4.78 is 14.8. The van der Waals surface area contributed by atoms with Crippen LogP contribution in [0.15, 0.2) is 30.5 Å². The molecule has 0 aliphatic rings. The van der Waals surface area contributed by atoms with E-state index in [0.717, 1.165) is 0 Å². The maximum absolute atomic E-state index is 13.3. The monoisotopic (exact) mass is 206 g/mol. The molecule has 0 atom stereocenters. The van der Waals surface area contributed by atoms with Crippen molar-refractivity contribution in [3.8, 4) is 0 Å². The molecule has 0 bridgehead atoms. The lowest BCUT2D eigenvalue weighted by Crippen LogP contribution is -2.02. The van der Waals surface area contributed by atoms with E-state index in [0.29, 0.717) is 24.3 Å². The molecule has 0 aliphatic carbocycles. The molecule has 0 spiro atoms. The van der Waals surface area contributed by atoms with Crippen LogP contribution in [0.4, 0.5) is 4.39 Å². The van der Waals surface area contributed by atoms with Crippen molar-refractivity contribution in [1.82, 2.24) is 15.0 Å². The van der Waals surface area contributed by atoms with Gasteiger partial charge in [-0.3, -0.25) is 0 Å². The van der Waals surface area contributed by atoms with E-state index in [1.165, 1.54) is 6.07 Å². The van der Waals surface area contributed by atoms with Crippen molar-refractivity contribution in [1.29, 1.82) is 0 Å². The van der Waals surface area contributed by atoms with Gasteiger partial charge in [0.25, 0.3) is 0 Å². The minimum atomic E-state index is -0.234. The Bertz CT molecular complexity index is 452. The van der Waals surface area contributed by atoms with Crippen LogP contribution in [-0.2, 0) is 13.1 Å². The minimum Gasteiger partial charge on any atom is -0.325 e. The molecule has 15 heavy (non-hydrogen) atoms. The van der Waals surface area contributed by atoms with Gasteiger partial charge in [0.05, 0.1) is 18.4 Å². The van der Waals surface area contributed by atoms with E-state index in [9.17, 15) is 4.39 Å². The van der Waals surface area contributed by atoms with E-state index >= 15 is 0 Å². The summed E-state index contributed by atoms with van der Waals surface area (Å²) in [6.45, 7) is 0.719. The van der Waals surface area contributed by atoms with E-state index in [2.05, 4.69) is 10.3 Å². The van der Waals surface area contributed by atoms with Gasteiger partial charge in [0.15, 0.2) is 0 Å². The van der Waals surface area contributed by atoms with Crippen molar-refractivity contribution >= 4 is 0 Å². The number of hydrogen-bond donors (Lipinski definition) is 1. The molecule has 1 aromatic carbocycles. The minimum absolute atomic E-state index is 0.234. The molecule has 0 unspecified atom stereocenters. The third kappa shape index (κ3) is 2.19. The molecule has 5 heteroatoms. The molecule has 1 aromatic heterocycles. The quantitative estimate of drug-likeness (QED) is 0.812. The highest BCUT2D eigenvalue weighted by Crippen LogP contribution is 2.07. The molecule has 0 amide bonds. The summed E-state index contributed by atoms with van der Waals surface area (Å²) in [5, 5.41) is 7.67. The maximum atomic E-state index is 13.3. The van der Waals surface area contributed by atoms with E-state index in [-0.39, 0.29) is 5.82 Å². The number of benzene rings is 1. The molecular formula is C10H11FN4. The van der Waals surface area contributed by atoms with Gasteiger partial charge in [-0.05, 0) is 6.07 Å². The topological polar surface area (TPSA) is 56.7 Å². The van der Waals surface area contributed by atoms with Gasteiger partial charge >= 0.3 is 0 Å². The number of nitrogens with zero attached hydrogens (tertiary/aromatic N) is 3. The van der Waals surface area contributed by atoms with Crippen LogP contribution in [0.5, 0.6) is 0 Å². The van der Waals surface area contributed by atoms with Crippen molar-refractivity contribution in [2.75, 3.05) is 0 Å². The second-order valence-electron chi connectivity index (χ2n) is 3.20. The van der Waals surface area contributed by atoms with Gasteiger partial charge in [0.2, 0.25) is 0 Å². The largest absolute Gasteiger partial charge is 0.325 e. The normalized spacial score (nSPS) is 10.5. The maximum Gasteiger partial charge on any atom is 0.128 e. The van der Waals surface area contributed by atoms with Crippen LogP contribution in [0.25, 0.3) is 0 Å². The second kappa shape index (κ2) is 4.18. The molecule has 0 radical (unpaired) electrons. The Balaban J connectivity index is 2.18. The van der Waals surface area contributed by atoms with Gasteiger partial charge in [0, 0.05) is 12.1 Å². The van der Waals surface area contributed by atoms with Crippen LogP contribution in [-0.4, -0.2) is 15.0 Å². The van der Waals surface area contributed by atoms with Gasteiger partial charge in [-0.25, -0.2) is 9.07 Å².